The Hall–Kier alpha value is -2.63. The molecule has 0 bridgehead atoms. The third kappa shape index (κ3) is 6.18. The predicted octanol–water partition coefficient (Wildman–Crippen LogP) is -2.13. The number of nitrogens with two attached hydrogens (primary N) is 1. The van der Waals surface area contributed by atoms with Crippen LogP contribution in [-0.2, 0) is 25.5 Å². The number of carboxylic acid groups (broad SMARTS) is 2. The number of carboxylic acids is 2. The molecule has 0 amide bonds. The maximum absolute atomic E-state index is 12.6. The molecule has 1 aromatic carbocycles. The van der Waals surface area contributed by atoms with Gasteiger partial charge in [-0.15, -0.1) is 11.8 Å². The number of ether oxygens (including phenoxy) is 1. The highest BCUT2D eigenvalue weighted by molar-refractivity contribution is 8.01. The lowest BCUT2D eigenvalue weighted by molar-refractivity contribution is -0.308. The Kier molecular flexibility index (Phi) is 7.82. The molecule has 0 radical (unpaired) electrons. The lowest BCUT2D eigenvalue weighted by Gasteiger charge is -2.23. The van der Waals surface area contributed by atoms with E-state index in [1.807, 2.05) is 0 Å². The second-order valence-electron chi connectivity index (χ2n) is 7.27. The summed E-state index contributed by atoms with van der Waals surface area (Å²) in [7, 11) is 0. The fourth-order valence-electron chi connectivity index (χ4n) is 2.86. The van der Waals surface area contributed by atoms with E-state index in [-0.39, 0.29) is 6.42 Å². The Morgan fingerprint density at radius 3 is 2.47 bits per heavy atom. The second-order valence-corrected chi connectivity index (χ2v) is 9.06. The molecule has 10 nitrogen and oxygen atoms in total. The van der Waals surface area contributed by atoms with Crippen LogP contribution in [0.15, 0.2) is 35.3 Å². The molecule has 11 heteroatoms. The van der Waals surface area contributed by atoms with E-state index in [1.54, 1.807) is 44.2 Å². The highest BCUT2D eigenvalue weighted by atomic mass is 32.2. The zero-order valence-electron chi connectivity index (χ0n) is 16.4. The van der Waals surface area contributed by atoms with Gasteiger partial charge in [0.2, 0.25) is 0 Å². The van der Waals surface area contributed by atoms with Crippen molar-refractivity contribution in [3.63, 3.8) is 0 Å². The molecule has 1 fully saturated rings. The van der Waals surface area contributed by atoms with Gasteiger partial charge in [-0.2, -0.15) is 0 Å². The topological polar surface area (TPSA) is 177 Å². The van der Waals surface area contributed by atoms with E-state index in [9.17, 15) is 29.7 Å². The van der Waals surface area contributed by atoms with Gasteiger partial charge in [0.15, 0.2) is 6.04 Å². The average molecular weight is 437 g/mol. The highest BCUT2D eigenvalue weighted by Crippen LogP contribution is 2.40. The van der Waals surface area contributed by atoms with E-state index >= 15 is 0 Å². The first kappa shape index (κ1) is 23.6. The summed E-state index contributed by atoms with van der Waals surface area (Å²) >= 11 is 1.13. The van der Waals surface area contributed by atoms with Gasteiger partial charge in [0.25, 0.3) is 0 Å². The quantitative estimate of drug-likeness (QED) is 0.220. The molecule has 4 atom stereocenters. The molecule has 1 heterocycles. The first-order chi connectivity index (χ1) is 14.0. The lowest BCUT2D eigenvalue weighted by atomic mass is 10.0. The van der Waals surface area contributed by atoms with Crippen LogP contribution in [0, 0.1) is 0 Å². The van der Waals surface area contributed by atoms with Crippen molar-refractivity contribution in [3.8, 4) is 0 Å². The normalized spacial score (nSPS) is 22.8. The molecule has 2 rings (SSSR count). The van der Waals surface area contributed by atoms with Gasteiger partial charge >= 0.3 is 11.9 Å². The fraction of sp³-hybridized carbons (Fsp3) is 0.474. The predicted molar refractivity (Wildman–Crippen MR) is 105 cm³/mol. The number of aliphatic imine (C=N–C) groups is 1. The maximum Gasteiger partial charge on any atom is 0.333 e. The third-order valence-corrected chi connectivity index (χ3v) is 5.91. The highest BCUT2D eigenvalue weighted by Gasteiger charge is 2.49. The summed E-state index contributed by atoms with van der Waals surface area (Å²) in [6.07, 6.45) is -0.0632. The lowest BCUT2D eigenvalue weighted by Crippen LogP contribution is -2.49. The number of carbonyl (C=O) groups is 3. The van der Waals surface area contributed by atoms with E-state index < -0.39 is 58.7 Å². The number of benzene rings is 1. The van der Waals surface area contributed by atoms with E-state index in [4.69, 9.17) is 10.5 Å². The molecule has 4 N–H and O–H groups in total. The summed E-state index contributed by atoms with van der Waals surface area (Å²) in [6, 6.07) is 4.84. The van der Waals surface area contributed by atoms with Crippen LogP contribution in [0.1, 0.15) is 19.4 Å². The first-order valence-corrected chi connectivity index (χ1v) is 9.96. The van der Waals surface area contributed by atoms with Gasteiger partial charge in [0, 0.05) is 11.2 Å². The van der Waals surface area contributed by atoms with Crippen LogP contribution in [0.3, 0.4) is 0 Å². The molecule has 1 aromatic rings. The monoisotopic (exact) mass is 437 g/mol. The van der Waals surface area contributed by atoms with Crippen molar-refractivity contribution in [2.75, 3.05) is 6.61 Å². The summed E-state index contributed by atoms with van der Waals surface area (Å²) in [5.41, 5.74) is 5.98. The van der Waals surface area contributed by atoms with Crippen molar-refractivity contribution in [3.05, 3.63) is 35.9 Å². The van der Waals surface area contributed by atoms with Crippen molar-refractivity contribution < 1.29 is 34.4 Å². The molecule has 0 unspecified atom stereocenters. The molecule has 1 aliphatic rings. The molecule has 0 aromatic heterocycles. The number of carbonyl (C=O) groups excluding carboxylic acids is 2. The summed E-state index contributed by atoms with van der Waals surface area (Å²) in [5, 5.41) is 34.5. The Morgan fingerprint density at radius 1 is 1.30 bits per heavy atom. The zero-order chi connectivity index (χ0) is 22.5. The first-order valence-electron chi connectivity index (χ1n) is 9.08. The molecule has 0 spiro atoms. The molecular formula is C19H23N3O7S-2. The van der Waals surface area contributed by atoms with Crippen LogP contribution in [-0.4, -0.2) is 63.8 Å². The largest absolute Gasteiger partial charge is 0.862 e. The van der Waals surface area contributed by atoms with Crippen molar-refractivity contribution in [2.24, 2.45) is 10.7 Å². The number of nitrogens with one attached hydrogen (secondary N) is 1. The summed E-state index contributed by atoms with van der Waals surface area (Å²) in [4.78, 5) is 38.8. The Labute approximate surface area is 177 Å². The SMILES string of the molecule is CC1(C)S[C@H]([C@H](N=C([O-])Cc2ccccc2)C(=O)OC[C@H](N)C(=O)[O-])N[C@H]1C(=O)O. The van der Waals surface area contributed by atoms with E-state index in [2.05, 4.69) is 10.3 Å². The Balaban J connectivity index is 2.23. The third-order valence-electron chi connectivity index (χ3n) is 4.42. The Bertz CT molecular complexity index is 816. The number of esters is 1. The van der Waals surface area contributed by atoms with Crippen molar-refractivity contribution in [1.82, 2.24) is 5.32 Å². The summed E-state index contributed by atoms with van der Waals surface area (Å²) < 4.78 is 4.13. The summed E-state index contributed by atoms with van der Waals surface area (Å²) in [5.74, 6) is -4.31. The van der Waals surface area contributed by atoms with Crippen LogP contribution in [0.4, 0.5) is 0 Å². The Morgan fingerprint density at radius 2 is 1.93 bits per heavy atom. The molecule has 164 valence electrons. The van der Waals surface area contributed by atoms with Crippen molar-refractivity contribution in [2.45, 2.75) is 48.5 Å². The van der Waals surface area contributed by atoms with Gasteiger partial charge in [-0.05, 0) is 25.3 Å². The smallest absolute Gasteiger partial charge is 0.333 e. The second kappa shape index (κ2) is 9.92. The van der Waals surface area contributed by atoms with Crippen LogP contribution >= 0.6 is 11.8 Å². The van der Waals surface area contributed by atoms with Crippen LogP contribution in [0.25, 0.3) is 0 Å². The van der Waals surface area contributed by atoms with Gasteiger partial charge in [-0.25, -0.2) is 4.79 Å². The van der Waals surface area contributed by atoms with Gasteiger partial charge < -0.3 is 30.6 Å². The van der Waals surface area contributed by atoms with E-state index in [0.29, 0.717) is 5.56 Å². The number of hydrogen-bond acceptors (Lipinski definition) is 10. The molecular weight excluding hydrogens is 414 g/mol. The minimum Gasteiger partial charge on any atom is -0.862 e. The number of hydrogen-bond donors (Lipinski definition) is 3. The molecule has 30 heavy (non-hydrogen) atoms. The maximum atomic E-state index is 12.6. The molecule has 1 saturated heterocycles. The fourth-order valence-corrected chi connectivity index (χ4v) is 4.32. The number of rotatable bonds is 9. The van der Waals surface area contributed by atoms with Crippen molar-refractivity contribution in [1.29, 1.82) is 0 Å². The molecule has 0 aliphatic carbocycles. The number of nitrogens with zero attached hydrogens (tertiary/aromatic N) is 1. The number of aliphatic carboxylic acids is 2. The van der Waals surface area contributed by atoms with Gasteiger partial charge in [0.1, 0.15) is 12.6 Å². The summed E-state index contributed by atoms with van der Waals surface area (Å²) in [6.45, 7) is 2.70. The van der Waals surface area contributed by atoms with Crippen LogP contribution in [0.5, 0.6) is 0 Å². The van der Waals surface area contributed by atoms with Gasteiger partial charge in [-0.3, -0.25) is 15.1 Å². The number of thioether (sulfide) groups is 1. The van der Waals surface area contributed by atoms with Crippen molar-refractivity contribution >= 4 is 35.6 Å². The van der Waals surface area contributed by atoms with Crippen LogP contribution < -0.4 is 21.3 Å². The zero-order valence-corrected chi connectivity index (χ0v) is 17.3. The van der Waals surface area contributed by atoms with E-state index in [0.717, 1.165) is 11.8 Å². The van der Waals surface area contributed by atoms with Gasteiger partial charge in [0.05, 0.1) is 17.4 Å². The molecule has 0 saturated carbocycles. The van der Waals surface area contributed by atoms with Crippen LogP contribution in [0.2, 0.25) is 0 Å². The minimum absolute atomic E-state index is 0.0632. The minimum atomic E-state index is -1.60. The molecule has 1 aliphatic heterocycles. The van der Waals surface area contributed by atoms with E-state index in [1.165, 1.54) is 0 Å². The van der Waals surface area contributed by atoms with Gasteiger partial charge in [-0.1, -0.05) is 30.3 Å². The average Bonchev–Trinajstić information content (AvgIpc) is 2.99. The standard InChI is InChI=1S/C19H25N3O7S/c1-19(2)14(17(26)27)22-15(30-19)13(18(28)29-9-11(20)16(24)25)21-12(23)8-10-6-4-3-5-7-10/h3-7,11,13-15,22H,8-9,20H2,1-2H3,(H,21,23)(H,24,25)(H,26,27)/p-2/t11-,13-,14-,15+/m0/s1.